The average molecular weight is 235 g/mol. The SMILES string of the molecule is CC(C)n1nccc1/C=C/CCNC(C)(C)C. The molecule has 0 bridgehead atoms. The van der Waals surface area contributed by atoms with Crippen molar-refractivity contribution in [3.05, 3.63) is 24.0 Å². The highest BCUT2D eigenvalue weighted by Gasteiger charge is 2.06. The third-order valence-corrected chi connectivity index (χ3v) is 2.44. The number of hydrogen-bond donors (Lipinski definition) is 1. The van der Waals surface area contributed by atoms with Crippen LogP contribution in [-0.2, 0) is 0 Å². The van der Waals surface area contributed by atoms with E-state index in [0.29, 0.717) is 6.04 Å². The van der Waals surface area contributed by atoms with Crippen LogP contribution in [0.2, 0.25) is 0 Å². The zero-order valence-electron chi connectivity index (χ0n) is 11.7. The molecule has 3 heteroatoms. The van der Waals surface area contributed by atoms with Crippen LogP contribution < -0.4 is 5.32 Å². The number of rotatable bonds is 5. The van der Waals surface area contributed by atoms with E-state index in [1.165, 1.54) is 5.69 Å². The molecule has 0 aliphatic rings. The van der Waals surface area contributed by atoms with E-state index in [9.17, 15) is 0 Å². The molecule has 17 heavy (non-hydrogen) atoms. The molecule has 3 nitrogen and oxygen atoms in total. The maximum absolute atomic E-state index is 4.30. The Bertz CT molecular complexity index is 356. The van der Waals surface area contributed by atoms with Crippen molar-refractivity contribution < 1.29 is 0 Å². The van der Waals surface area contributed by atoms with Crippen molar-refractivity contribution in [3.8, 4) is 0 Å². The molecule has 0 spiro atoms. The van der Waals surface area contributed by atoms with Crippen molar-refractivity contribution in [2.24, 2.45) is 0 Å². The molecule has 96 valence electrons. The maximum atomic E-state index is 4.30. The van der Waals surface area contributed by atoms with Gasteiger partial charge in [-0.2, -0.15) is 5.10 Å². The van der Waals surface area contributed by atoms with Crippen LogP contribution in [0.3, 0.4) is 0 Å². The lowest BCUT2D eigenvalue weighted by atomic mass is 10.1. The molecule has 1 N–H and O–H groups in total. The van der Waals surface area contributed by atoms with Gasteiger partial charge in [0.2, 0.25) is 0 Å². The third kappa shape index (κ3) is 5.18. The van der Waals surface area contributed by atoms with Crippen LogP contribution in [0.25, 0.3) is 6.08 Å². The van der Waals surface area contributed by atoms with Gasteiger partial charge < -0.3 is 5.32 Å². The highest BCUT2D eigenvalue weighted by atomic mass is 15.3. The summed E-state index contributed by atoms with van der Waals surface area (Å²) in [6.45, 7) is 11.9. The van der Waals surface area contributed by atoms with Crippen molar-refractivity contribution in [3.63, 3.8) is 0 Å². The zero-order valence-corrected chi connectivity index (χ0v) is 11.7. The highest BCUT2D eigenvalue weighted by Crippen LogP contribution is 2.09. The molecule has 0 atom stereocenters. The minimum atomic E-state index is 0.202. The average Bonchev–Trinajstić information content (AvgIpc) is 2.63. The quantitative estimate of drug-likeness (QED) is 0.794. The van der Waals surface area contributed by atoms with Crippen LogP contribution >= 0.6 is 0 Å². The van der Waals surface area contributed by atoms with Gasteiger partial charge in [-0.15, -0.1) is 0 Å². The number of nitrogens with zero attached hydrogens (tertiary/aromatic N) is 2. The van der Waals surface area contributed by atoms with E-state index < -0.39 is 0 Å². The van der Waals surface area contributed by atoms with E-state index in [1.54, 1.807) is 0 Å². The normalized spacial score (nSPS) is 12.8. The molecular weight excluding hydrogens is 210 g/mol. The Hall–Kier alpha value is -1.09. The Kier molecular flexibility index (Phi) is 4.94. The molecule has 0 radical (unpaired) electrons. The van der Waals surface area contributed by atoms with Gasteiger partial charge >= 0.3 is 0 Å². The monoisotopic (exact) mass is 235 g/mol. The smallest absolute Gasteiger partial charge is 0.0609 e. The third-order valence-electron chi connectivity index (χ3n) is 2.44. The maximum Gasteiger partial charge on any atom is 0.0609 e. The first-order valence-corrected chi connectivity index (χ1v) is 6.35. The van der Waals surface area contributed by atoms with Gasteiger partial charge in [-0.1, -0.05) is 6.08 Å². The molecular formula is C14H25N3. The lowest BCUT2D eigenvalue weighted by Crippen LogP contribution is -2.36. The molecule has 0 aliphatic heterocycles. The second-order valence-corrected chi connectivity index (χ2v) is 5.66. The van der Waals surface area contributed by atoms with Gasteiger partial charge in [-0.3, -0.25) is 4.68 Å². The molecule has 1 rings (SSSR count). The van der Waals surface area contributed by atoms with E-state index in [-0.39, 0.29) is 5.54 Å². The Balaban J connectivity index is 2.41. The van der Waals surface area contributed by atoms with E-state index in [0.717, 1.165) is 13.0 Å². The molecule has 0 saturated heterocycles. The molecule has 0 unspecified atom stereocenters. The van der Waals surface area contributed by atoms with Crippen molar-refractivity contribution in [1.29, 1.82) is 0 Å². The standard InChI is InChI=1S/C14H25N3/c1-12(2)17-13(9-11-16-17)8-6-7-10-15-14(3,4)5/h6,8-9,11-12,15H,7,10H2,1-5H3/b8-6+. The molecule has 1 aromatic heterocycles. The van der Waals surface area contributed by atoms with Gasteiger partial charge in [0, 0.05) is 17.8 Å². The molecule has 1 aromatic rings. The van der Waals surface area contributed by atoms with Gasteiger partial charge in [0.15, 0.2) is 0 Å². The van der Waals surface area contributed by atoms with Crippen LogP contribution in [0.5, 0.6) is 0 Å². The minimum Gasteiger partial charge on any atom is -0.312 e. The fourth-order valence-corrected chi connectivity index (χ4v) is 1.62. The lowest BCUT2D eigenvalue weighted by molar-refractivity contribution is 0.431. The number of nitrogens with one attached hydrogen (secondary N) is 1. The fraction of sp³-hybridized carbons (Fsp3) is 0.643. The van der Waals surface area contributed by atoms with E-state index in [1.807, 2.05) is 16.9 Å². The first-order valence-electron chi connectivity index (χ1n) is 6.35. The zero-order chi connectivity index (χ0) is 12.9. The van der Waals surface area contributed by atoms with E-state index >= 15 is 0 Å². The highest BCUT2D eigenvalue weighted by molar-refractivity contribution is 5.44. The molecule has 0 fully saturated rings. The van der Waals surface area contributed by atoms with Gasteiger partial charge in [0.25, 0.3) is 0 Å². The van der Waals surface area contributed by atoms with Crippen LogP contribution in [0.4, 0.5) is 0 Å². The second-order valence-electron chi connectivity index (χ2n) is 5.66. The van der Waals surface area contributed by atoms with Crippen LogP contribution in [0, 0.1) is 0 Å². The summed E-state index contributed by atoms with van der Waals surface area (Å²) in [4.78, 5) is 0. The van der Waals surface area contributed by atoms with Crippen molar-refractivity contribution >= 4 is 6.08 Å². The minimum absolute atomic E-state index is 0.202. The molecule has 0 aliphatic carbocycles. The molecule has 0 amide bonds. The van der Waals surface area contributed by atoms with Gasteiger partial charge in [-0.25, -0.2) is 0 Å². The van der Waals surface area contributed by atoms with E-state index in [4.69, 9.17) is 0 Å². The van der Waals surface area contributed by atoms with Gasteiger partial charge in [0.05, 0.1) is 5.69 Å². The largest absolute Gasteiger partial charge is 0.312 e. The second kappa shape index (κ2) is 6.01. The summed E-state index contributed by atoms with van der Waals surface area (Å²) < 4.78 is 2.04. The first kappa shape index (κ1) is 14.0. The summed E-state index contributed by atoms with van der Waals surface area (Å²) >= 11 is 0. The topological polar surface area (TPSA) is 29.9 Å². The van der Waals surface area contributed by atoms with Crippen molar-refractivity contribution in [2.45, 2.75) is 52.6 Å². The number of aromatic nitrogens is 2. The van der Waals surface area contributed by atoms with Crippen LogP contribution in [0.1, 0.15) is 52.8 Å². The summed E-state index contributed by atoms with van der Waals surface area (Å²) in [6.07, 6.45) is 7.25. The summed E-state index contributed by atoms with van der Waals surface area (Å²) in [5.74, 6) is 0. The fourth-order valence-electron chi connectivity index (χ4n) is 1.62. The predicted octanol–water partition coefficient (Wildman–Crippen LogP) is 3.26. The summed E-state index contributed by atoms with van der Waals surface area (Å²) in [5, 5.41) is 7.77. The Labute approximate surface area is 105 Å². The van der Waals surface area contributed by atoms with Crippen LogP contribution in [0.15, 0.2) is 18.3 Å². The first-order chi connectivity index (χ1) is 7.90. The molecule has 0 saturated carbocycles. The van der Waals surface area contributed by atoms with E-state index in [2.05, 4.69) is 57.2 Å². The van der Waals surface area contributed by atoms with Gasteiger partial charge in [0.1, 0.15) is 0 Å². The predicted molar refractivity (Wildman–Crippen MR) is 74.0 cm³/mol. The molecule has 1 heterocycles. The summed E-state index contributed by atoms with van der Waals surface area (Å²) in [5.41, 5.74) is 1.38. The van der Waals surface area contributed by atoms with Crippen molar-refractivity contribution in [1.82, 2.24) is 15.1 Å². The number of hydrogen-bond acceptors (Lipinski definition) is 2. The van der Waals surface area contributed by atoms with Crippen molar-refractivity contribution in [2.75, 3.05) is 6.54 Å². The Morgan fingerprint density at radius 3 is 2.71 bits per heavy atom. The van der Waals surface area contributed by atoms with Crippen LogP contribution in [-0.4, -0.2) is 21.9 Å². The van der Waals surface area contributed by atoms with Gasteiger partial charge in [-0.05, 0) is 59.7 Å². The Morgan fingerprint density at radius 2 is 2.12 bits per heavy atom. The molecule has 0 aromatic carbocycles. The summed E-state index contributed by atoms with van der Waals surface area (Å²) in [6, 6.07) is 2.46. The Morgan fingerprint density at radius 1 is 1.41 bits per heavy atom. The lowest BCUT2D eigenvalue weighted by Gasteiger charge is -2.19. The summed E-state index contributed by atoms with van der Waals surface area (Å²) in [7, 11) is 0.